The van der Waals surface area contributed by atoms with Crippen molar-refractivity contribution in [1.82, 2.24) is 9.97 Å². The summed E-state index contributed by atoms with van der Waals surface area (Å²) < 4.78 is 26.7. The first kappa shape index (κ1) is 14.5. The fourth-order valence-electron chi connectivity index (χ4n) is 1.44. The van der Waals surface area contributed by atoms with Crippen LogP contribution < -0.4 is 16.0 Å². The molecule has 7 nitrogen and oxygen atoms in total. The van der Waals surface area contributed by atoms with Crippen molar-refractivity contribution in [2.75, 3.05) is 10.1 Å². The molecule has 1 heterocycles. The first-order valence-corrected chi connectivity index (χ1v) is 7.36. The lowest BCUT2D eigenvalue weighted by Gasteiger charge is -2.09. The Hall–Kier alpha value is -1.90. The maximum atomic E-state index is 12.1. The number of nitrogens with one attached hydrogen (secondary N) is 2. The summed E-state index contributed by atoms with van der Waals surface area (Å²) in [4.78, 5) is 7.39. The molecule has 0 aliphatic carbocycles. The summed E-state index contributed by atoms with van der Waals surface area (Å²) in [5.74, 6) is 5.23. The molecule has 0 aliphatic heterocycles. The zero-order chi connectivity index (χ0) is 14.8. The Labute approximate surface area is 121 Å². The van der Waals surface area contributed by atoms with Gasteiger partial charge in [-0.1, -0.05) is 17.7 Å². The van der Waals surface area contributed by atoms with Gasteiger partial charge in [-0.05, 0) is 24.6 Å². The van der Waals surface area contributed by atoms with Gasteiger partial charge in [-0.15, -0.1) is 0 Å². The summed E-state index contributed by atoms with van der Waals surface area (Å²) in [5.41, 5.74) is 3.43. The third-order valence-corrected chi connectivity index (χ3v) is 4.07. The first-order chi connectivity index (χ1) is 9.42. The van der Waals surface area contributed by atoms with Crippen LogP contribution in [0.5, 0.6) is 0 Å². The molecule has 0 bridgehead atoms. The van der Waals surface area contributed by atoms with Crippen molar-refractivity contribution in [3.63, 3.8) is 0 Å². The molecule has 0 saturated heterocycles. The minimum absolute atomic E-state index is 0.0897. The molecule has 2 aromatic rings. The molecule has 0 aliphatic rings. The van der Waals surface area contributed by atoms with E-state index in [4.69, 9.17) is 17.4 Å². The minimum Gasteiger partial charge on any atom is -0.292 e. The van der Waals surface area contributed by atoms with E-state index in [0.29, 0.717) is 10.7 Å². The van der Waals surface area contributed by atoms with Crippen molar-refractivity contribution in [3.8, 4) is 0 Å². The van der Waals surface area contributed by atoms with Gasteiger partial charge in [0.25, 0.3) is 10.0 Å². The highest BCUT2D eigenvalue weighted by Gasteiger charge is 2.16. The molecule has 2 rings (SSSR count). The SMILES string of the molecule is Cc1ccc(NS(=O)(=O)c2cnc(NN)nc2)c(Cl)c1. The van der Waals surface area contributed by atoms with E-state index >= 15 is 0 Å². The standard InChI is InChI=1S/C11H12ClN5O2S/c1-7-2-3-10(9(12)4-7)17-20(18,19)8-5-14-11(16-13)15-6-8/h2-6,17H,13H2,1H3,(H,14,15,16). The summed E-state index contributed by atoms with van der Waals surface area (Å²) >= 11 is 5.99. The number of sulfonamides is 1. The Morgan fingerprint density at radius 1 is 1.25 bits per heavy atom. The number of aromatic nitrogens is 2. The van der Waals surface area contributed by atoms with E-state index in [0.717, 1.165) is 18.0 Å². The molecule has 20 heavy (non-hydrogen) atoms. The largest absolute Gasteiger partial charge is 0.292 e. The number of nitrogen functional groups attached to an aromatic ring is 1. The average Bonchev–Trinajstić information content (AvgIpc) is 2.42. The molecule has 1 aromatic carbocycles. The zero-order valence-corrected chi connectivity index (χ0v) is 12.0. The number of hydrogen-bond donors (Lipinski definition) is 3. The number of anilines is 2. The number of aryl methyl sites for hydroxylation is 1. The predicted molar refractivity (Wildman–Crippen MR) is 76.8 cm³/mol. The molecule has 0 amide bonds. The highest BCUT2D eigenvalue weighted by Crippen LogP contribution is 2.25. The second-order valence-electron chi connectivity index (χ2n) is 3.98. The van der Waals surface area contributed by atoms with Crippen LogP contribution in [-0.4, -0.2) is 18.4 Å². The van der Waals surface area contributed by atoms with Gasteiger partial charge < -0.3 is 0 Å². The van der Waals surface area contributed by atoms with Gasteiger partial charge in [-0.3, -0.25) is 10.1 Å². The summed E-state index contributed by atoms with van der Waals surface area (Å²) in [6.45, 7) is 1.86. The van der Waals surface area contributed by atoms with Gasteiger partial charge in [-0.25, -0.2) is 24.2 Å². The summed E-state index contributed by atoms with van der Waals surface area (Å²) in [5, 5.41) is 0.315. The second kappa shape index (κ2) is 5.61. The quantitative estimate of drug-likeness (QED) is 0.583. The summed E-state index contributed by atoms with van der Waals surface area (Å²) in [6.07, 6.45) is 2.29. The molecule has 106 valence electrons. The van der Waals surface area contributed by atoms with Gasteiger partial charge in [0.2, 0.25) is 5.95 Å². The molecule has 0 radical (unpaired) electrons. The Morgan fingerprint density at radius 3 is 2.45 bits per heavy atom. The lowest BCUT2D eigenvalue weighted by atomic mass is 10.2. The number of halogens is 1. The Kier molecular flexibility index (Phi) is 4.07. The highest BCUT2D eigenvalue weighted by atomic mass is 35.5. The van der Waals surface area contributed by atoms with Crippen LogP contribution >= 0.6 is 11.6 Å². The van der Waals surface area contributed by atoms with Crippen molar-refractivity contribution >= 4 is 33.3 Å². The number of rotatable bonds is 4. The van der Waals surface area contributed by atoms with Gasteiger partial charge in [0, 0.05) is 0 Å². The third kappa shape index (κ3) is 3.16. The van der Waals surface area contributed by atoms with Gasteiger partial charge in [0.15, 0.2) is 0 Å². The van der Waals surface area contributed by atoms with Crippen LogP contribution in [0, 0.1) is 6.92 Å². The van der Waals surface area contributed by atoms with Crippen molar-refractivity contribution in [2.24, 2.45) is 5.84 Å². The molecule has 0 fully saturated rings. The van der Waals surface area contributed by atoms with E-state index in [2.05, 4.69) is 20.1 Å². The first-order valence-electron chi connectivity index (χ1n) is 5.50. The normalized spacial score (nSPS) is 11.2. The van der Waals surface area contributed by atoms with Crippen LogP contribution in [0.4, 0.5) is 11.6 Å². The fraction of sp³-hybridized carbons (Fsp3) is 0.0909. The Morgan fingerprint density at radius 2 is 1.90 bits per heavy atom. The Balaban J connectivity index is 2.30. The summed E-state index contributed by atoms with van der Waals surface area (Å²) in [7, 11) is -3.80. The molecule has 0 spiro atoms. The van der Waals surface area contributed by atoms with Crippen molar-refractivity contribution in [3.05, 3.63) is 41.2 Å². The van der Waals surface area contributed by atoms with Crippen molar-refractivity contribution < 1.29 is 8.42 Å². The Bertz CT molecular complexity index is 718. The fourth-order valence-corrected chi connectivity index (χ4v) is 2.74. The molecule has 1 aromatic heterocycles. The van der Waals surface area contributed by atoms with E-state index in [-0.39, 0.29) is 10.8 Å². The van der Waals surface area contributed by atoms with E-state index in [1.165, 1.54) is 0 Å². The van der Waals surface area contributed by atoms with E-state index in [1.807, 2.05) is 6.92 Å². The lowest BCUT2D eigenvalue weighted by molar-refractivity contribution is 0.600. The average molecular weight is 314 g/mol. The van der Waals surface area contributed by atoms with Gasteiger partial charge >= 0.3 is 0 Å². The summed E-state index contributed by atoms with van der Waals surface area (Å²) in [6, 6.07) is 5.00. The van der Waals surface area contributed by atoms with Gasteiger partial charge in [-0.2, -0.15) is 0 Å². The van der Waals surface area contributed by atoms with Crippen LogP contribution in [0.25, 0.3) is 0 Å². The van der Waals surface area contributed by atoms with Crippen molar-refractivity contribution in [1.29, 1.82) is 0 Å². The molecule has 9 heteroatoms. The minimum atomic E-state index is -3.80. The topological polar surface area (TPSA) is 110 Å². The van der Waals surface area contributed by atoms with Crippen LogP contribution in [-0.2, 0) is 10.0 Å². The number of benzene rings is 1. The predicted octanol–water partition coefficient (Wildman–Crippen LogP) is 1.52. The molecule has 0 unspecified atom stereocenters. The maximum Gasteiger partial charge on any atom is 0.265 e. The van der Waals surface area contributed by atoms with Crippen LogP contribution in [0.15, 0.2) is 35.5 Å². The third-order valence-electron chi connectivity index (χ3n) is 2.44. The molecule has 0 saturated carbocycles. The highest BCUT2D eigenvalue weighted by molar-refractivity contribution is 7.92. The molecule has 0 atom stereocenters. The number of hydrazine groups is 1. The monoisotopic (exact) mass is 313 g/mol. The lowest BCUT2D eigenvalue weighted by Crippen LogP contribution is -2.15. The maximum absolute atomic E-state index is 12.1. The molecule has 4 N–H and O–H groups in total. The van der Waals surface area contributed by atoms with Crippen LogP contribution in [0.1, 0.15) is 5.56 Å². The number of hydrogen-bond acceptors (Lipinski definition) is 6. The van der Waals surface area contributed by atoms with Gasteiger partial charge in [0.1, 0.15) is 4.90 Å². The van der Waals surface area contributed by atoms with E-state index in [1.54, 1.807) is 18.2 Å². The van der Waals surface area contributed by atoms with E-state index in [9.17, 15) is 8.42 Å². The smallest absolute Gasteiger partial charge is 0.265 e. The van der Waals surface area contributed by atoms with Crippen LogP contribution in [0.3, 0.4) is 0 Å². The second-order valence-corrected chi connectivity index (χ2v) is 6.07. The number of nitrogens with two attached hydrogens (primary N) is 1. The van der Waals surface area contributed by atoms with Crippen LogP contribution in [0.2, 0.25) is 5.02 Å². The number of nitrogens with zero attached hydrogens (tertiary/aromatic N) is 2. The molecular formula is C11H12ClN5O2S. The molecular weight excluding hydrogens is 302 g/mol. The van der Waals surface area contributed by atoms with Gasteiger partial charge in [0.05, 0.1) is 23.1 Å². The zero-order valence-electron chi connectivity index (χ0n) is 10.5. The van der Waals surface area contributed by atoms with E-state index < -0.39 is 10.0 Å². The van der Waals surface area contributed by atoms with Crippen molar-refractivity contribution in [2.45, 2.75) is 11.8 Å².